The lowest BCUT2D eigenvalue weighted by Gasteiger charge is -2.44. The van der Waals surface area contributed by atoms with Crippen LogP contribution in [-0.4, -0.2) is 258 Å². The Bertz CT molecular complexity index is 6840. The van der Waals surface area contributed by atoms with Crippen LogP contribution in [0.4, 0.5) is 44.7 Å². The second-order valence-corrected chi connectivity index (χ2v) is 34.1. The molecule has 0 unspecified atom stereocenters. The number of amides is 4. The van der Waals surface area contributed by atoms with E-state index in [4.69, 9.17) is 51.9 Å². The normalized spacial score (nSPS) is 19.4. The van der Waals surface area contributed by atoms with Crippen LogP contribution in [0, 0.1) is 11.8 Å². The first-order valence-corrected chi connectivity index (χ1v) is 46.3. The van der Waals surface area contributed by atoms with Crippen molar-refractivity contribution < 1.29 is 77.7 Å². The largest absolute Gasteiger partial charge is 0.444 e. The zero-order valence-electron chi connectivity index (χ0n) is 76.6. The Balaban J connectivity index is 0.000000120. The SMILES string of the molecule is CCOC1CCC(n2cc(NC(=O)c3coc(-c4cn[nH]c4)n3)c(-c3nc(C(F)(F)F)ccc3F)n2)CC1.CCOC1CCC(n2cc(NC(=O)c3coc(-c4cn[nH]c4F)n3)c(-c3cnccn3)n2)CC1.O=C(Nc1cn(C2CC(N3CCOCC3)C2)nc1-c1cnccn1)c1coc(-c2cn[nH]c2)n1.O=C(Nc1cn(C2CCC(N3CCOCC3)CC2)nc1-c1cnccn1)c1coc(-c2cn[nH]c2)n1. The van der Waals surface area contributed by atoms with Gasteiger partial charge >= 0.3 is 6.18 Å². The first kappa shape index (κ1) is 95.1. The molecule has 2 aliphatic heterocycles. The maximum atomic E-state index is 14.8. The van der Waals surface area contributed by atoms with Gasteiger partial charge in [0.2, 0.25) is 29.5 Å². The van der Waals surface area contributed by atoms with Crippen LogP contribution in [0.1, 0.15) is 176 Å². The number of anilines is 4. The highest BCUT2D eigenvalue weighted by molar-refractivity contribution is 6.07. The van der Waals surface area contributed by atoms with E-state index >= 15 is 0 Å². The van der Waals surface area contributed by atoms with E-state index in [9.17, 15) is 41.1 Å². The number of rotatable bonds is 26. The number of alkyl halides is 3. The molecule has 18 heterocycles. The number of hydrogen-bond acceptors (Lipinski definition) is 33. The Morgan fingerprint density at radius 2 is 0.768 bits per heavy atom. The minimum Gasteiger partial charge on any atom is -0.444 e. The van der Waals surface area contributed by atoms with Crippen molar-refractivity contribution in [3.05, 3.63) is 201 Å². The summed E-state index contributed by atoms with van der Waals surface area (Å²) in [5, 5.41) is 55.3. The molecule has 0 bridgehead atoms. The van der Waals surface area contributed by atoms with Crippen LogP contribution in [0.25, 0.3) is 91.4 Å². The number of halogens is 5. The second kappa shape index (κ2) is 43.7. The Morgan fingerprint density at radius 3 is 1.13 bits per heavy atom. The first-order chi connectivity index (χ1) is 69.3. The number of carbonyl (C=O) groups excluding carboxylic acids is 4. The summed E-state index contributed by atoms with van der Waals surface area (Å²) in [6.45, 7) is 12.4. The molecule has 736 valence electrons. The standard InChI is InChI=1S/C24H23F4N7O3.C24H27N9O3.C22H23FN8O3.C22H23N9O3/c1-2-37-15-5-3-14(4-6-15)35-11-17(21(34-35)20-16(25)7-8-19(33-20)24(26,27)28)31-22(36)18-12-38-23(32-18)13-9-29-30-10-13;34-23(21-15-36-24(30-21)16-11-27-28-12-16)29-20-14-33(31-22(20)19-13-25-5-6-26-19)18-3-1-17(2-4-18)32-7-9-35-10-8-32;1-2-33-14-5-3-13(4-6-14)31-11-17(19(30-31)16-10-24-7-8-25-16)27-21(32)18-12-34-22(28-18)15-9-26-29-20(15)23;32-21(19-13-34-22(28-19)14-9-25-26-10-14)27-18-12-31(29-20(18)17-11-23-1-2-24-17)16-7-15(8-16)30-3-5-33-6-4-30/h7-12,14-15H,2-6H2,1H3,(H,29,30)(H,31,36);5-6,11-15,17-18H,1-4,7-10H2,(H,27,28)(H,29,34);7-14H,2-6H2,1H3,(H,26,29)(H,27,32);1-2,9-13,15-16H,3-8H2,(H,25,26)(H,27,32). The van der Waals surface area contributed by atoms with Crippen molar-refractivity contribution in [2.75, 3.05) is 87.1 Å². The summed E-state index contributed by atoms with van der Waals surface area (Å²) in [7, 11) is 0. The Morgan fingerprint density at radius 1 is 0.408 bits per heavy atom. The van der Waals surface area contributed by atoms with Gasteiger partial charge in [0.05, 0.1) is 146 Å². The third kappa shape index (κ3) is 22.4. The van der Waals surface area contributed by atoms with Gasteiger partial charge in [-0.2, -0.15) is 58.4 Å². The zero-order chi connectivity index (χ0) is 97.6. The summed E-state index contributed by atoms with van der Waals surface area (Å²) >= 11 is 0. The van der Waals surface area contributed by atoms with E-state index in [1.807, 2.05) is 40.3 Å². The zero-order valence-corrected chi connectivity index (χ0v) is 76.6. The third-order valence-corrected chi connectivity index (χ3v) is 25.2. The summed E-state index contributed by atoms with van der Waals surface area (Å²) < 4.78 is 120. The maximum Gasteiger partial charge on any atom is 0.433 e. The Kier molecular flexibility index (Phi) is 29.3. The van der Waals surface area contributed by atoms with Gasteiger partial charge in [-0.25, -0.2) is 29.3 Å². The first-order valence-electron chi connectivity index (χ1n) is 46.3. The second-order valence-electron chi connectivity index (χ2n) is 34.1. The van der Waals surface area contributed by atoms with E-state index < -0.39 is 53.0 Å². The molecule has 4 saturated carbocycles. The van der Waals surface area contributed by atoms with Crippen LogP contribution in [-0.2, 0) is 25.1 Å². The number of pyridine rings is 1. The lowest BCUT2D eigenvalue weighted by atomic mass is 9.85. The Hall–Kier alpha value is -15.8. The average molecular weight is 1950 g/mol. The van der Waals surface area contributed by atoms with Gasteiger partial charge < -0.3 is 57.9 Å². The van der Waals surface area contributed by atoms with Crippen LogP contribution >= 0.6 is 0 Å². The average Bonchev–Trinajstić information content (AvgIpc) is 1.60. The van der Waals surface area contributed by atoms with E-state index in [-0.39, 0.29) is 87.9 Å². The molecule has 0 radical (unpaired) electrons. The number of H-pyrrole nitrogens is 4. The van der Waals surface area contributed by atoms with Crippen molar-refractivity contribution in [3.63, 3.8) is 0 Å². The quantitative estimate of drug-likeness (QED) is 0.0233. The Labute approximate surface area is 803 Å². The van der Waals surface area contributed by atoms with Gasteiger partial charge in [-0.3, -0.25) is 98.0 Å². The molecule has 6 aliphatic rings. The van der Waals surface area contributed by atoms with Crippen LogP contribution in [0.2, 0.25) is 0 Å². The molecule has 2 saturated heterocycles. The fourth-order valence-corrected chi connectivity index (χ4v) is 17.8. The van der Waals surface area contributed by atoms with Crippen molar-refractivity contribution >= 4 is 46.4 Å². The van der Waals surface area contributed by atoms with Gasteiger partial charge in [-0.05, 0) is 116 Å². The maximum absolute atomic E-state index is 14.8. The third-order valence-electron chi connectivity index (χ3n) is 25.2. The minimum atomic E-state index is -4.80. The van der Waals surface area contributed by atoms with Crippen molar-refractivity contribution in [1.82, 2.24) is 145 Å². The van der Waals surface area contributed by atoms with E-state index in [1.54, 1.807) is 86.8 Å². The lowest BCUT2D eigenvalue weighted by molar-refractivity contribution is -0.141. The summed E-state index contributed by atoms with van der Waals surface area (Å²) in [5.74, 6) is -3.04. The molecule has 142 heavy (non-hydrogen) atoms. The summed E-state index contributed by atoms with van der Waals surface area (Å²) in [6.07, 6.45) is 45.6. The highest BCUT2D eigenvalue weighted by Gasteiger charge is 2.40. The molecule has 45 nitrogen and oxygen atoms in total. The van der Waals surface area contributed by atoms with Gasteiger partial charge in [-0.15, -0.1) is 0 Å². The van der Waals surface area contributed by atoms with Crippen molar-refractivity contribution in [2.24, 2.45) is 0 Å². The number of oxazole rings is 4. The molecule has 0 atom stereocenters. The van der Waals surface area contributed by atoms with E-state index in [1.165, 1.54) is 48.3 Å². The molecular formula is C92H96F5N33O12. The molecule has 4 amide bonds. The molecule has 16 aromatic rings. The summed E-state index contributed by atoms with van der Waals surface area (Å²) in [6, 6.07) is 2.93. The topological polar surface area (TPSA) is 540 Å². The number of hydrogen-bond donors (Lipinski definition) is 8. The molecule has 22 rings (SSSR count). The number of aromatic nitrogens is 27. The molecule has 4 aliphatic carbocycles. The number of carbonyl (C=O) groups is 4. The van der Waals surface area contributed by atoms with Gasteiger partial charge in [0.25, 0.3) is 23.6 Å². The number of nitrogens with one attached hydrogen (secondary N) is 8. The van der Waals surface area contributed by atoms with Gasteiger partial charge in [-0.1, -0.05) is 0 Å². The van der Waals surface area contributed by atoms with Crippen molar-refractivity contribution in [1.29, 1.82) is 0 Å². The van der Waals surface area contributed by atoms with Crippen LogP contribution in [0.5, 0.6) is 0 Å². The summed E-state index contributed by atoms with van der Waals surface area (Å²) in [5.41, 5.74) is 4.84. The van der Waals surface area contributed by atoms with Gasteiger partial charge in [0, 0.05) is 132 Å². The molecule has 0 spiro atoms. The van der Waals surface area contributed by atoms with E-state index in [2.05, 4.69) is 132 Å². The van der Waals surface area contributed by atoms with Crippen LogP contribution in [0.15, 0.2) is 179 Å². The van der Waals surface area contributed by atoms with E-state index in [0.29, 0.717) is 130 Å². The van der Waals surface area contributed by atoms with Crippen molar-refractivity contribution in [2.45, 2.75) is 158 Å². The lowest BCUT2D eigenvalue weighted by Crippen LogP contribution is -2.50. The molecule has 0 aromatic carbocycles. The minimum absolute atomic E-state index is 0.00864. The molecule has 6 fully saturated rings. The van der Waals surface area contributed by atoms with E-state index in [0.717, 1.165) is 136 Å². The fraction of sp³-hybridized carbons (Fsp3) is 0.380. The molecule has 8 N–H and O–H groups in total. The molecule has 16 aromatic heterocycles. The number of nitrogens with zero attached hydrogens (tertiary/aromatic N) is 25. The highest BCUT2D eigenvalue weighted by Crippen LogP contribution is 2.43. The summed E-state index contributed by atoms with van der Waals surface area (Å²) in [4.78, 5) is 103. The number of ether oxygens (including phenoxy) is 4. The number of aromatic amines is 4. The van der Waals surface area contributed by atoms with Crippen molar-refractivity contribution in [3.8, 4) is 91.4 Å². The smallest absolute Gasteiger partial charge is 0.433 e. The number of morpholine rings is 2. The molecular weight excluding hydrogens is 1850 g/mol. The highest BCUT2D eigenvalue weighted by atomic mass is 19.4. The predicted octanol–water partition coefficient (Wildman–Crippen LogP) is 13.7. The van der Waals surface area contributed by atoms with Crippen LogP contribution in [0.3, 0.4) is 0 Å². The predicted molar refractivity (Wildman–Crippen MR) is 492 cm³/mol. The fourth-order valence-electron chi connectivity index (χ4n) is 17.8. The van der Waals surface area contributed by atoms with Crippen LogP contribution < -0.4 is 21.3 Å². The van der Waals surface area contributed by atoms with Gasteiger partial charge in [0.1, 0.15) is 81.9 Å². The molecule has 50 heteroatoms. The van der Waals surface area contributed by atoms with Gasteiger partial charge in [0.15, 0.2) is 28.6 Å². The monoisotopic (exact) mass is 1950 g/mol.